The number of amides is 1. The third kappa shape index (κ3) is 4.74. The minimum Gasteiger partial charge on any atom is -0.493 e. The van der Waals surface area contributed by atoms with Crippen molar-refractivity contribution < 1.29 is 14.3 Å². The lowest BCUT2D eigenvalue weighted by Gasteiger charge is -2.19. The van der Waals surface area contributed by atoms with Crippen molar-refractivity contribution in [3.05, 3.63) is 45.6 Å². The Bertz CT molecular complexity index is 668. The molecule has 1 atom stereocenters. The van der Waals surface area contributed by atoms with E-state index in [1.165, 1.54) is 4.88 Å². The van der Waals surface area contributed by atoms with E-state index in [1.807, 2.05) is 32.0 Å². The molecule has 0 aliphatic rings. The average Bonchev–Trinajstić information content (AvgIpc) is 3.07. The van der Waals surface area contributed by atoms with Crippen LogP contribution in [-0.2, 0) is 11.2 Å². The molecule has 0 bridgehead atoms. The van der Waals surface area contributed by atoms with Gasteiger partial charge in [-0.3, -0.25) is 4.79 Å². The number of carbonyl (C=O) groups excluding carboxylic acids is 1. The molecular weight excluding hydrogens is 322 g/mol. The van der Waals surface area contributed by atoms with Crippen LogP contribution in [0.5, 0.6) is 11.5 Å². The van der Waals surface area contributed by atoms with Gasteiger partial charge in [0, 0.05) is 11.3 Å². The molecule has 0 saturated heterocycles. The Morgan fingerprint density at radius 2 is 1.96 bits per heavy atom. The van der Waals surface area contributed by atoms with Gasteiger partial charge in [0.05, 0.1) is 20.3 Å². The van der Waals surface area contributed by atoms with Crippen LogP contribution in [0.1, 0.15) is 41.8 Å². The van der Waals surface area contributed by atoms with Crippen LogP contribution in [0.25, 0.3) is 0 Å². The zero-order valence-corrected chi connectivity index (χ0v) is 15.5. The summed E-state index contributed by atoms with van der Waals surface area (Å²) in [4.78, 5) is 13.5. The molecule has 0 spiro atoms. The first-order valence-electron chi connectivity index (χ1n) is 8.09. The highest BCUT2D eigenvalue weighted by Gasteiger charge is 2.15. The summed E-state index contributed by atoms with van der Waals surface area (Å²) in [7, 11) is 3.24. The number of aryl methyl sites for hydroxylation is 2. The standard InChI is InChI=1S/C19H25NO3S/c1-13-11-17(22-3)18(23-4)12-16(13)14(2)20-19(21)9-5-7-15-8-6-10-24-15/h6,8,10-12,14H,5,7,9H2,1-4H3,(H,20,21). The summed E-state index contributed by atoms with van der Waals surface area (Å²) >= 11 is 1.74. The van der Waals surface area contributed by atoms with E-state index in [1.54, 1.807) is 25.6 Å². The maximum Gasteiger partial charge on any atom is 0.220 e. The van der Waals surface area contributed by atoms with Gasteiger partial charge in [0.1, 0.15) is 0 Å². The predicted molar refractivity (Wildman–Crippen MR) is 98.1 cm³/mol. The summed E-state index contributed by atoms with van der Waals surface area (Å²) in [5.41, 5.74) is 2.11. The van der Waals surface area contributed by atoms with Crippen LogP contribution in [0.15, 0.2) is 29.6 Å². The number of methoxy groups -OCH3 is 2. The second kappa shape index (κ2) is 8.73. The molecule has 1 N–H and O–H groups in total. The third-order valence-corrected chi connectivity index (χ3v) is 4.96. The van der Waals surface area contributed by atoms with Gasteiger partial charge >= 0.3 is 0 Å². The molecule has 1 unspecified atom stereocenters. The van der Waals surface area contributed by atoms with Crippen LogP contribution in [0.2, 0.25) is 0 Å². The first-order valence-corrected chi connectivity index (χ1v) is 8.97. The van der Waals surface area contributed by atoms with Gasteiger partial charge < -0.3 is 14.8 Å². The number of carbonyl (C=O) groups is 1. The maximum absolute atomic E-state index is 12.2. The van der Waals surface area contributed by atoms with Crippen molar-refractivity contribution >= 4 is 17.2 Å². The minimum atomic E-state index is -0.0703. The maximum atomic E-state index is 12.2. The number of nitrogens with one attached hydrogen (secondary N) is 1. The Morgan fingerprint density at radius 3 is 2.58 bits per heavy atom. The Labute approximate surface area is 147 Å². The van der Waals surface area contributed by atoms with Crippen molar-refractivity contribution in [3.8, 4) is 11.5 Å². The van der Waals surface area contributed by atoms with E-state index in [-0.39, 0.29) is 11.9 Å². The molecule has 5 heteroatoms. The number of ether oxygens (including phenoxy) is 2. The van der Waals surface area contributed by atoms with Crippen LogP contribution >= 0.6 is 11.3 Å². The molecule has 130 valence electrons. The molecule has 1 heterocycles. The summed E-state index contributed by atoms with van der Waals surface area (Å²) in [5.74, 6) is 1.46. The zero-order chi connectivity index (χ0) is 17.5. The molecule has 4 nitrogen and oxygen atoms in total. The zero-order valence-electron chi connectivity index (χ0n) is 14.7. The fraction of sp³-hybridized carbons (Fsp3) is 0.421. The van der Waals surface area contributed by atoms with E-state index in [0.29, 0.717) is 17.9 Å². The number of benzene rings is 1. The summed E-state index contributed by atoms with van der Waals surface area (Å²) in [5, 5.41) is 5.14. The topological polar surface area (TPSA) is 47.6 Å². The lowest BCUT2D eigenvalue weighted by Crippen LogP contribution is -2.27. The number of hydrogen-bond acceptors (Lipinski definition) is 4. The highest BCUT2D eigenvalue weighted by Crippen LogP contribution is 2.32. The van der Waals surface area contributed by atoms with E-state index in [9.17, 15) is 4.79 Å². The van der Waals surface area contributed by atoms with Gasteiger partial charge in [-0.25, -0.2) is 0 Å². The first-order chi connectivity index (χ1) is 11.5. The van der Waals surface area contributed by atoms with Crippen LogP contribution in [0.4, 0.5) is 0 Å². The van der Waals surface area contributed by atoms with Crippen LogP contribution in [0.3, 0.4) is 0 Å². The molecule has 2 aromatic rings. The average molecular weight is 347 g/mol. The van der Waals surface area contributed by atoms with Gasteiger partial charge in [-0.2, -0.15) is 0 Å². The van der Waals surface area contributed by atoms with Crippen molar-refractivity contribution in [2.45, 2.75) is 39.2 Å². The van der Waals surface area contributed by atoms with Gasteiger partial charge in [0.2, 0.25) is 5.91 Å². The summed E-state index contributed by atoms with van der Waals surface area (Å²) < 4.78 is 10.7. The Hall–Kier alpha value is -2.01. The third-order valence-electron chi connectivity index (χ3n) is 4.02. The quantitative estimate of drug-likeness (QED) is 0.775. The fourth-order valence-electron chi connectivity index (χ4n) is 2.73. The van der Waals surface area contributed by atoms with Crippen molar-refractivity contribution in [1.29, 1.82) is 0 Å². The lowest BCUT2D eigenvalue weighted by molar-refractivity contribution is -0.121. The molecule has 0 fully saturated rings. The second-order valence-electron chi connectivity index (χ2n) is 5.79. The molecular formula is C19H25NO3S. The van der Waals surface area contributed by atoms with E-state index >= 15 is 0 Å². The monoisotopic (exact) mass is 347 g/mol. The number of hydrogen-bond donors (Lipinski definition) is 1. The number of thiophene rings is 1. The molecule has 2 rings (SSSR count). The molecule has 0 aliphatic heterocycles. The Balaban J connectivity index is 1.93. The highest BCUT2D eigenvalue weighted by atomic mass is 32.1. The van der Waals surface area contributed by atoms with Gasteiger partial charge in [0.25, 0.3) is 0 Å². The van der Waals surface area contributed by atoms with Gasteiger partial charge in [-0.05, 0) is 61.4 Å². The van der Waals surface area contributed by atoms with Gasteiger partial charge in [-0.1, -0.05) is 6.07 Å². The van der Waals surface area contributed by atoms with Gasteiger partial charge in [-0.15, -0.1) is 11.3 Å². The second-order valence-corrected chi connectivity index (χ2v) is 6.82. The van der Waals surface area contributed by atoms with Crippen molar-refractivity contribution in [3.63, 3.8) is 0 Å². The molecule has 1 aromatic heterocycles. The molecule has 0 saturated carbocycles. The van der Waals surface area contributed by atoms with Crippen molar-refractivity contribution in [2.75, 3.05) is 14.2 Å². The molecule has 0 radical (unpaired) electrons. The van der Waals surface area contributed by atoms with Crippen LogP contribution in [-0.4, -0.2) is 20.1 Å². The summed E-state index contributed by atoms with van der Waals surface area (Å²) in [6.45, 7) is 4.00. The van der Waals surface area contributed by atoms with E-state index in [2.05, 4.69) is 16.8 Å². The van der Waals surface area contributed by atoms with E-state index in [0.717, 1.165) is 24.0 Å². The van der Waals surface area contributed by atoms with E-state index < -0.39 is 0 Å². The first kappa shape index (κ1) is 18.3. The van der Waals surface area contributed by atoms with Crippen molar-refractivity contribution in [2.24, 2.45) is 0 Å². The van der Waals surface area contributed by atoms with Crippen molar-refractivity contribution in [1.82, 2.24) is 5.32 Å². The number of rotatable bonds is 8. The predicted octanol–water partition coefficient (Wildman–Crippen LogP) is 4.27. The molecule has 1 amide bonds. The molecule has 24 heavy (non-hydrogen) atoms. The smallest absolute Gasteiger partial charge is 0.220 e. The lowest BCUT2D eigenvalue weighted by atomic mass is 10.0. The normalized spacial score (nSPS) is 11.8. The fourth-order valence-corrected chi connectivity index (χ4v) is 3.48. The SMILES string of the molecule is COc1cc(C)c(C(C)NC(=O)CCCc2cccs2)cc1OC. The van der Waals surface area contributed by atoms with Crippen LogP contribution < -0.4 is 14.8 Å². The molecule has 0 aliphatic carbocycles. The Kier molecular flexibility index (Phi) is 6.67. The molecule has 1 aromatic carbocycles. The summed E-state index contributed by atoms with van der Waals surface area (Å²) in [6.07, 6.45) is 2.35. The summed E-state index contributed by atoms with van der Waals surface area (Å²) in [6, 6.07) is 7.96. The minimum absolute atomic E-state index is 0.0703. The largest absolute Gasteiger partial charge is 0.493 e. The Morgan fingerprint density at radius 1 is 1.25 bits per heavy atom. The van der Waals surface area contributed by atoms with Crippen LogP contribution in [0, 0.1) is 6.92 Å². The van der Waals surface area contributed by atoms with E-state index in [4.69, 9.17) is 9.47 Å². The highest BCUT2D eigenvalue weighted by molar-refractivity contribution is 7.09. The van der Waals surface area contributed by atoms with Gasteiger partial charge in [0.15, 0.2) is 11.5 Å².